The SMILES string of the molecule is Cc1nc(C(=NC=N)N2CCc3nn(C)c(C(C)C)c3C2)c(C2CCOCC2)[nH]1. The molecule has 2 N–H and O–H groups in total. The maximum Gasteiger partial charge on any atom is 0.158 e. The van der Waals surface area contributed by atoms with Crippen LogP contribution in [0.4, 0.5) is 0 Å². The Bertz CT molecular complexity index is 918. The molecule has 4 rings (SSSR count). The predicted octanol–water partition coefficient (Wildman–Crippen LogP) is 2.88. The number of hydrogen-bond donors (Lipinski definition) is 2. The van der Waals surface area contributed by atoms with Gasteiger partial charge in [0.25, 0.3) is 0 Å². The molecule has 0 atom stereocenters. The molecule has 0 aromatic carbocycles. The first kappa shape index (κ1) is 19.8. The van der Waals surface area contributed by atoms with Gasteiger partial charge < -0.3 is 14.6 Å². The van der Waals surface area contributed by atoms with E-state index in [0.717, 1.165) is 75.0 Å². The summed E-state index contributed by atoms with van der Waals surface area (Å²) >= 11 is 0. The number of hydrogen-bond acceptors (Lipinski definition) is 4. The summed E-state index contributed by atoms with van der Waals surface area (Å²) in [7, 11) is 2.03. The Morgan fingerprint density at radius 1 is 1.34 bits per heavy atom. The van der Waals surface area contributed by atoms with Crippen LogP contribution in [-0.2, 0) is 24.8 Å². The van der Waals surface area contributed by atoms with Crippen LogP contribution in [-0.4, -0.2) is 56.6 Å². The summed E-state index contributed by atoms with van der Waals surface area (Å²) in [6.45, 7) is 9.54. The zero-order chi connectivity index (χ0) is 20.5. The van der Waals surface area contributed by atoms with Crippen molar-refractivity contribution >= 4 is 12.2 Å². The van der Waals surface area contributed by atoms with Crippen molar-refractivity contribution in [2.45, 2.75) is 58.4 Å². The zero-order valence-electron chi connectivity index (χ0n) is 17.8. The molecule has 156 valence electrons. The molecule has 0 amide bonds. The number of amidine groups is 1. The van der Waals surface area contributed by atoms with Crippen LogP contribution >= 0.6 is 0 Å². The molecular weight excluding hydrogens is 366 g/mol. The Morgan fingerprint density at radius 2 is 2.10 bits per heavy atom. The molecule has 1 fully saturated rings. The molecule has 0 saturated carbocycles. The average Bonchev–Trinajstić information content (AvgIpc) is 3.25. The van der Waals surface area contributed by atoms with Gasteiger partial charge in [0.1, 0.15) is 17.9 Å². The molecule has 0 unspecified atom stereocenters. The normalized spacial score (nSPS) is 18.4. The molecule has 2 aromatic rings. The number of H-pyrrole nitrogens is 1. The van der Waals surface area contributed by atoms with Crippen LogP contribution in [0.5, 0.6) is 0 Å². The lowest BCUT2D eigenvalue weighted by Crippen LogP contribution is -2.38. The van der Waals surface area contributed by atoms with Crippen molar-refractivity contribution < 1.29 is 4.74 Å². The smallest absolute Gasteiger partial charge is 0.158 e. The van der Waals surface area contributed by atoms with Crippen molar-refractivity contribution in [3.8, 4) is 0 Å². The summed E-state index contributed by atoms with van der Waals surface area (Å²) < 4.78 is 7.57. The van der Waals surface area contributed by atoms with E-state index in [1.165, 1.54) is 17.0 Å². The van der Waals surface area contributed by atoms with Crippen LogP contribution in [0.3, 0.4) is 0 Å². The number of fused-ring (bicyclic) bond motifs is 1. The van der Waals surface area contributed by atoms with Crippen molar-refractivity contribution in [2.24, 2.45) is 12.0 Å². The maximum absolute atomic E-state index is 7.67. The van der Waals surface area contributed by atoms with E-state index in [0.29, 0.717) is 11.8 Å². The van der Waals surface area contributed by atoms with Gasteiger partial charge in [-0.2, -0.15) is 5.10 Å². The standard InChI is InChI=1S/C21H31N7O/c1-13(2)20-16-11-28(8-5-17(16)26-27(20)4)21(23-12-22)19-18(24-14(3)25-19)15-6-9-29-10-7-15/h12-13,15,22H,5-11H2,1-4H3,(H,24,25). The fourth-order valence-corrected chi connectivity index (χ4v) is 4.74. The van der Waals surface area contributed by atoms with Crippen LogP contribution in [0.15, 0.2) is 4.99 Å². The molecule has 4 heterocycles. The van der Waals surface area contributed by atoms with Gasteiger partial charge in [-0.15, -0.1) is 0 Å². The van der Waals surface area contributed by atoms with Crippen molar-refractivity contribution in [3.63, 3.8) is 0 Å². The molecule has 0 aliphatic carbocycles. The minimum Gasteiger partial charge on any atom is -0.381 e. The number of aryl methyl sites for hydroxylation is 2. The van der Waals surface area contributed by atoms with E-state index < -0.39 is 0 Å². The fourth-order valence-electron chi connectivity index (χ4n) is 4.74. The second kappa shape index (κ2) is 8.10. The number of rotatable bonds is 4. The highest BCUT2D eigenvalue weighted by atomic mass is 16.5. The molecule has 1 saturated heterocycles. The highest BCUT2D eigenvalue weighted by Gasteiger charge is 2.31. The number of ether oxygens (including phenoxy) is 1. The van der Waals surface area contributed by atoms with Gasteiger partial charge in [-0.25, -0.2) is 9.98 Å². The summed E-state index contributed by atoms with van der Waals surface area (Å²) in [4.78, 5) is 15.0. The molecule has 29 heavy (non-hydrogen) atoms. The van der Waals surface area contributed by atoms with Gasteiger partial charge in [0, 0.05) is 62.6 Å². The van der Waals surface area contributed by atoms with Crippen molar-refractivity contribution in [1.82, 2.24) is 24.6 Å². The minimum absolute atomic E-state index is 0.390. The molecule has 0 radical (unpaired) electrons. The Hall–Kier alpha value is -2.48. The largest absolute Gasteiger partial charge is 0.381 e. The van der Waals surface area contributed by atoms with E-state index in [-0.39, 0.29) is 0 Å². The van der Waals surface area contributed by atoms with Gasteiger partial charge in [0.2, 0.25) is 0 Å². The lowest BCUT2D eigenvalue weighted by Gasteiger charge is -2.30. The van der Waals surface area contributed by atoms with Gasteiger partial charge >= 0.3 is 0 Å². The molecule has 0 bridgehead atoms. The first-order chi connectivity index (χ1) is 14.0. The molecular formula is C21H31N7O. The van der Waals surface area contributed by atoms with Crippen LogP contribution in [0.2, 0.25) is 0 Å². The van der Waals surface area contributed by atoms with Crippen LogP contribution in [0, 0.1) is 12.3 Å². The Labute approximate surface area is 171 Å². The average molecular weight is 398 g/mol. The van der Waals surface area contributed by atoms with Crippen LogP contribution in [0.25, 0.3) is 0 Å². The van der Waals surface area contributed by atoms with Gasteiger partial charge in [0.15, 0.2) is 5.84 Å². The Balaban J connectivity index is 1.70. The van der Waals surface area contributed by atoms with Crippen LogP contribution in [0.1, 0.15) is 72.7 Å². The highest BCUT2D eigenvalue weighted by molar-refractivity contribution is 6.01. The number of nitrogens with zero attached hydrogens (tertiary/aromatic N) is 5. The minimum atomic E-state index is 0.390. The molecule has 8 heteroatoms. The summed E-state index contributed by atoms with van der Waals surface area (Å²) in [5, 5.41) is 12.4. The second-order valence-electron chi connectivity index (χ2n) is 8.31. The topological polar surface area (TPSA) is 95.2 Å². The zero-order valence-corrected chi connectivity index (χ0v) is 17.8. The third-order valence-electron chi connectivity index (χ3n) is 5.97. The first-order valence-corrected chi connectivity index (χ1v) is 10.5. The van der Waals surface area contributed by atoms with Gasteiger partial charge in [0.05, 0.1) is 5.69 Å². The van der Waals surface area contributed by atoms with Crippen molar-refractivity contribution in [1.29, 1.82) is 5.41 Å². The van der Waals surface area contributed by atoms with E-state index >= 15 is 0 Å². The third-order valence-corrected chi connectivity index (χ3v) is 5.97. The summed E-state index contributed by atoms with van der Waals surface area (Å²) in [5.74, 6) is 2.47. The second-order valence-corrected chi connectivity index (χ2v) is 8.31. The molecule has 8 nitrogen and oxygen atoms in total. The monoisotopic (exact) mass is 397 g/mol. The van der Waals surface area contributed by atoms with E-state index in [1.807, 2.05) is 18.7 Å². The molecule has 0 spiro atoms. The number of aliphatic imine (C=N–C) groups is 1. The summed E-state index contributed by atoms with van der Waals surface area (Å²) in [5.41, 5.74) is 5.78. The number of imidazole rings is 1. The lowest BCUT2D eigenvalue weighted by atomic mass is 9.94. The number of aromatic nitrogens is 4. The number of aromatic amines is 1. The van der Waals surface area contributed by atoms with Crippen molar-refractivity contribution in [3.05, 3.63) is 34.2 Å². The fraction of sp³-hybridized carbons (Fsp3) is 0.619. The molecule has 2 aliphatic heterocycles. The molecule has 2 aliphatic rings. The van der Waals surface area contributed by atoms with Gasteiger partial charge in [-0.1, -0.05) is 13.8 Å². The molecule has 2 aromatic heterocycles. The summed E-state index contributed by atoms with van der Waals surface area (Å²) in [6, 6.07) is 0. The van der Waals surface area contributed by atoms with E-state index in [4.69, 9.17) is 20.2 Å². The summed E-state index contributed by atoms with van der Waals surface area (Å²) in [6.07, 6.45) is 3.98. The van der Waals surface area contributed by atoms with E-state index in [9.17, 15) is 0 Å². The Kier molecular flexibility index (Phi) is 5.54. The van der Waals surface area contributed by atoms with Crippen LogP contribution < -0.4 is 0 Å². The maximum atomic E-state index is 7.67. The first-order valence-electron chi connectivity index (χ1n) is 10.5. The lowest BCUT2D eigenvalue weighted by molar-refractivity contribution is 0.0845. The quantitative estimate of drug-likeness (QED) is 0.613. The predicted molar refractivity (Wildman–Crippen MR) is 113 cm³/mol. The van der Waals surface area contributed by atoms with E-state index in [1.54, 1.807) is 0 Å². The van der Waals surface area contributed by atoms with Gasteiger partial charge in [-0.3, -0.25) is 10.1 Å². The van der Waals surface area contributed by atoms with Gasteiger partial charge in [-0.05, 0) is 25.7 Å². The highest BCUT2D eigenvalue weighted by Crippen LogP contribution is 2.31. The van der Waals surface area contributed by atoms with Crippen molar-refractivity contribution in [2.75, 3.05) is 19.8 Å². The van der Waals surface area contributed by atoms with E-state index in [2.05, 4.69) is 28.7 Å². The third kappa shape index (κ3) is 3.73. The number of nitrogens with one attached hydrogen (secondary N) is 2. The Morgan fingerprint density at radius 3 is 2.79 bits per heavy atom.